The third-order valence-corrected chi connectivity index (χ3v) is 6.20. The van der Waals surface area contributed by atoms with Crippen LogP contribution in [0.15, 0.2) is 83.8 Å². The van der Waals surface area contributed by atoms with Crippen LogP contribution < -0.4 is 4.72 Å². The third kappa shape index (κ3) is 3.50. The molecule has 29 heavy (non-hydrogen) atoms. The van der Waals surface area contributed by atoms with E-state index in [-0.39, 0.29) is 16.4 Å². The number of phenolic OH excluding ortho intramolecular Hbond substituents is 2. The first-order valence-corrected chi connectivity index (χ1v) is 10.5. The Morgan fingerprint density at radius 3 is 2.14 bits per heavy atom. The Kier molecular flexibility index (Phi) is 4.64. The maximum absolute atomic E-state index is 12.9. The number of rotatable bonds is 4. The number of phenols is 2. The van der Waals surface area contributed by atoms with Crippen molar-refractivity contribution in [3.05, 3.63) is 84.4 Å². The maximum atomic E-state index is 12.9. The van der Waals surface area contributed by atoms with E-state index in [1.165, 1.54) is 12.1 Å². The highest BCUT2D eigenvalue weighted by molar-refractivity contribution is 7.92. The van der Waals surface area contributed by atoms with Crippen LogP contribution in [-0.2, 0) is 10.0 Å². The molecule has 0 heterocycles. The van der Waals surface area contributed by atoms with Gasteiger partial charge in [-0.15, -0.1) is 0 Å². The molecule has 0 bridgehead atoms. The highest BCUT2D eigenvalue weighted by Gasteiger charge is 2.19. The molecule has 0 unspecified atom stereocenters. The molecule has 0 fully saturated rings. The van der Waals surface area contributed by atoms with Crippen LogP contribution in [0.2, 0.25) is 0 Å². The number of hydrogen-bond acceptors (Lipinski definition) is 4. The summed E-state index contributed by atoms with van der Waals surface area (Å²) in [6.07, 6.45) is 0. The van der Waals surface area contributed by atoms with Gasteiger partial charge in [0, 0.05) is 16.3 Å². The quantitative estimate of drug-likeness (QED) is 0.416. The molecule has 4 aromatic carbocycles. The summed E-state index contributed by atoms with van der Waals surface area (Å²) in [6.45, 7) is 1.76. The number of aryl methyl sites for hydroxylation is 1. The van der Waals surface area contributed by atoms with Crippen molar-refractivity contribution in [1.29, 1.82) is 0 Å². The Morgan fingerprint density at radius 1 is 0.793 bits per heavy atom. The van der Waals surface area contributed by atoms with E-state index in [9.17, 15) is 18.6 Å². The number of fused-ring (bicyclic) bond motifs is 1. The monoisotopic (exact) mass is 405 g/mol. The minimum Gasteiger partial charge on any atom is -0.508 e. The molecule has 0 aliphatic rings. The van der Waals surface area contributed by atoms with E-state index >= 15 is 0 Å². The van der Waals surface area contributed by atoms with Gasteiger partial charge in [0.15, 0.2) is 0 Å². The highest BCUT2D eigenvalue weighted by atomic mass is 32.2. The number of anilines is 1. The molecule has 0 radical (unpaired) electrons. The molecule has 0 spiro atoms. The highest BCUT2D eigenvalue weighted by Crippen LogP contribution is 2.41. The minimum atomic E-state index is -3.80. The average molecular weight is 405 g/mol. The Balaban J connectivity index is 1.92. The summed E-state index contributed by atoms with van der Waals surface area (Å²) in [5.74, 6) is 0.201. The maximum Gasteiger partial charge on any atom is 0.261 e. The van der Waals surface area contributed by atoms with Gasteiger partial charge in [0.05, 0.1) is 10.6 Å². The van der Waals surface area contributed by atoms with Gasteiger partial charge in [0.25, 0.3) is 10.0 Å². The summed E-state index contributed by atoms with van der Waals surface area (Å²) in [7, 11) is -3.80. The SMILES string of the molecule is Cc1cc(-c2cc(NS(=O)(=O)c3ccccc3)c3ccccc3c2O)ccc1O. The molecule has 0 atom stereocenters. The van der Waals surface area contributed by atoms with E-state index in [0.29, 0.717) is 33.2 Å². The number of hydrogen-bond donors (Lipinski definition) is 3. The summed E-state index contributed by atoms with van der Waals surface area (Å²) in [6, 6.07) is 21.8. The Morgan fingerprint density at radius 2 is 1.45 bits per heavy atom. The van der Waals surface area contributed by atoms with Gasteiger partial charge in [-0.1, -0.05) is 48.5 Å². The van der Waals surface area contributed by atoms with E-state index in [2.05, 4.69) is 4.72 Å². The van der Waals surface area contributed by atoms with Crippen molar-refractivity contribution in [3.8, 4) is 22.6 Å². The van der Waals surface area contributed by atoms with Crippen LogP contribution in [0.4, 0.5) is 5.69 Å². The number of benzene rings is 4. The topological polar surface area (TPSA) is 86.6 Å². The van der Waals surface area contributed by atoms with Gasteiger partial charge >= 0.3 is 0 Å². The van der Waals surface area contributed by atoms with E-state index in [1.807, 2.05) is 0 Å². The fraction of sp³-hybridized carbons (Fsp3) is 0.0435. The van der Waals surface area contributed by atoms with E-state index in [1.54, 1.807) is 73.7 Å². The predicted octanol–water partition coefficient (Wildman–Crippen LogP) is 5.03. The van der Waals surface area contributed by atoms with Crippen molar-refractivity contribution in [2.45, 2.75) is 11.8 Å². The zero-order chi connectivity index (χ0) is 20.6. The lowest BCUT2D eigenvalue weighted by Gasteiger charge is -2.16. The fourth-order valence-electron chi connectivity index (χ4n) is 3.29. The van der Waals surface area contributed by atoms with Crippen LogP contribution in [0.5, 0.6) is 11.5 Å². The van der Waals surface area contributed by atoms with Gasteiger partial charge < -0.3 is 10.2 Å². The van der Waals surface area contributed by atoms with Gasteiger partial charge in [-0.2, -0.15) is 0 Å². The average Bonchev–Trinajstić information content (AvgIpc) is 2.73. The van der Waals surface area contributed by atoms with Crippen molar-refractivity contribution >= 4 is 26.5 Å². The van der Waals surface area contributed by atoms with Crippen molar-refractivity contribution in [3.63, 3.8) is 0 Å². The molecular formula is C23H19NO4S. The first-order valence-electron chi connectivity index (χ1n) is 8.99. The predicted molar refractivity (Wildman–Crippen MR) is 115 cm³/mol. The molecule has 4 aromatic rings. The van der Waals surface area contributed by atoms with E-state index < -0.39 is 10.0 Å². The van der Waals surface area contributed by atoms with Crippen LogP contribution >= 0.6 is 0 Å². The molecule has 4 rings (SSSR count). The summed E-state index contributed by atoms with van der Waals surface area (Å²) >= 11 is 0. The standard InChI is InChI=1S/C23H19NO4S/c1-15-13-16(11-12-22(15)25)20-14-21(18-9-5-6-10-19(18)23(20)26)24-29(27,28)17-7-3-2-4-8-17/h2-14,24-26H,1H3. The van der Waals surface area contributed by atoms with Gasteiger partial charge in [-0.3, -0.25) is 4.72 Å². The first kappa shape index (κ1) is 18.8. The Labute approximate surface area is 168 Å². The molecule has 3 N–H and O–H groups in total. The van der Waals surface area contributed by atoms with E-state index in [4.69, 9.17) is 0 Å². The Bertz CT molecular complexity index is 1320. The third-order valence-electron chi connectivity index (χ3n) is 4.82. The fourth-order valence-corrected chi connectivity index (χ4v) is 4.38. The van der Waals surface area contributed by atoms with Gasteiger partial charge in [0.2, 0.25) is 0 Å². The normalized spacial score (nSPS) is 11.5. The zero-order valence-electron chi connectivity index (χ0n) is 15.6. The molecule has 0 aromatic heterocycles. The molecule has 146 valence electrons. The number of aromatic hydroxyl groups is 2. The van der Waals surface area contributed by atoms with Crippen LogP contribution in [-0.4, -0.2) is 18.6 Å². The number of nitrogens with one attached hydrogen (secondary N) is 1. The van der Waals surface area contributed by atoms with Crippen LogP contribution in [0.3, 0.4) is 0 Å². The van der Waals surface area contributed by atoms with Crippen molar-refractivity contribution in [2.24, 2.45) is 0 Å². The second-order valence-electron chi connectivity index (χ2n) is 6.79. The lowest BCUT2D eigenvalue weighted by molar-refractivity contribution is 0.471. The van der Waals surface area contributed by atoms with Crippen molar-refractivity contribution in [1.82, 2.24) is 0 Å². The van der Waals surface area contributed by atoms with Gasteiger partial charge in [-0.25, -0.2) is 8.42 Å². The molecule has 0 aliphatic carbocycles. The molecule has 0 saturated heterocycles. The van der Waals surface area contributed by atoms with Crippen molar-refractivity contribution < 1.29 is 18.6 Å². The second-order valence-corrected chi connectivity index (χ2v) is 8.47. The van der Waals surface area contributed by atoms with Crippen LogP contribution in [0, 0.1) is 6.92 Å². The van der Waals surface area contributed by atoms with Crippen molar-refractivity contribution in [2.75, 3.05) is 4.72 Å². The number of sulfonamides is 1. The van der Waals surface area contributed by atoms with Gasteiger partial charge in [0.1, 0.15) is 11.5 Å². The van der Waals surface area contributed by atoms with Crippen LogP contribution in [0.1, 0.15) is 5.56 Å². The molecule has 5 nitrogen and oxygen atoms in total. The summed E-state index contributed by atoms with van der Waals surface area (Å²) in [5, 5.41) is 21.8. The largest absolute Gasteiger partial charge is 0.508 e. The molecule has 0 saturated carbocycles. The zero-order valence-corrected chi connectivity index (χ0v) is 16.4. The molecule has 0 aliphatic heterocycles. The molecule has 0 amide bonds. The smallest absolute Gasteiger partial charge is 0.261 e. The van der Waals surface area contributed by atoms with Gasteiger partial charge in [-0.05, 0) is 48.4 Å². The Hall–Kier alpha value is -3.51. The van der Waals surface area contributed by atoms with Crippen LogP contribution in [0.25, 0.3) is 21.9 Å². The minimum absolute atomic E-state index is 0.0494. The molecule has 6 heteroatoms. The first-order chi connectivity index (χ1) is 13.9. The summed E-state index contributed by atoms with van der Waals surface area (Å²) < 4.78 is 28.4. The van der Waals surface area contributed by atoms with E-state index in [0.717, 1.165) is 0 Å². The summed E-state index contributed by atoms with van der Waals surface area (Å²) in [4.78, 5) is 0.152. The molecular weight excluding hydrogens is 386 g/mol. The lowest BCUT2D eigenvalue weighted by atomic mass is 9.97. The summed E-state index contributed by atoms with van der Waals surface area (Å²) in [5.41, 5.74) is 2.16. The second kappa shape index (κ2) is 7.14. The lowest BCUT2D eigenvalue weighted by Crippen LogP contribution is -2.13.